The molecule has 0 atom stereocenters. The lowest BCUT2D eigenvalue weighted by atomic mass is 9.95. The van der Waals surface area contributed by atoms with Crippen LogP contribution in [0.4, 0.5) is 13.2 Å². The number of rotatable bonds is 6. The maximum atomic E-state index is 11.4. The van der Waals surface area contributed by atoms with E-state index in [9.17, 15) is 18.0 Å². The van der Waals surface area contributed by atoms with Crippen LogP contribution in [0.2, 0.25) is 0 Å². The zero-order chi connectivity index (χ0) is 24.7. The zero-order valence-electron chi connectivity index (χ0n) is 18.5. The summed E-state index contributed by atoms with van der Waals surface area (Å²) >= 11 is 0. The Morgan fingerprint density at radius 2 is 1.44 bits per heavy atom. The predicted molar refractivity (Wildman–Crippen MR) is 124 cm³/mol. The molecule has 34 heavy (non-hydrogen) atoms. The number of carbonyl (C=O) groups is 2. The van der Waals surface area contributed by atoms with E-state index < -0.39 is 12.1 Å². The molecule has 0 heterocycles. The van der Waals surface area contributed by atoms with E-state index >= 15 is 0 Å². The normalized spacial score (nSPS) is 13.0. The first-order valence-corrected chi connectivity index (χ1v) is 11.0. The molecule has 4 nitrogen and oxygen atoms in total. The van der Waals surface area contributed by atoms with Crippen molar-refractivity contribution in [3.05, 3.63) is 95.1 Å². The first-order valence-electron chi connectivity index (χ1n) is 11.0. The van der Waals surface area contributed by atoms with E-state index in [0.29, 0.717) is 5.56 Å². The summed E-state index contributed by atoms with van der Waals surface area (Å²) in [6, 6.07) is 25.0. The Bertz CT molecular complexity index is 1130. The van der Waals surface area contributed by atoms with Gasteiger partial charge in [0.25, 0.3) is 0 Å². The molecule has 7 heteroatoms. The topological polar surface area (TPSA) is 80.4 Å². The molecular formula is C27H26F3NO3. The summed E-state index contributed by atoms with van der Waals surface area (Å²) < 4.78 is 31.7. The van der Waals surface area contributed by atoms with Gasteiger partial charge in [-0.05, 0) is 78.0 Å². The van der Waals surface area contributed by atoms with Gasteiger partial charge in [-0.3, -0.25) is 4.79 Å². The van der Waals surface area contributed by atoms with Gasteiger partial charge >= 0.3 is 12.1 Å². The highest BCUT2D eigenvalue weighted by molar-refractivity contribution is 5.94. The fourth-order valence-corrected chi connectivity index (χ4v) is 4.21. The second-order valence-corrected chi connectivity index (χ2v) is 8.38. The number of carboxylic acid groups (broad SMARTS) is 1. The van der Waals surface area contributed by atoms with Crippen molar-refractivity contribution in [2.45, 2.75) is 38.3 Å². The number of hydrogen-bond acceptors (Lipinski definition) is 2. The molecule has 0 bridgehead atoms. The quantitative estimate of drug-likeness (QED) is 0.477. The lowest BCUT2D eigenvalue weighted by Gasteiger charge is -2.10. The van der Waals surface area contributed by atoms with Gasteiger partial charge in [0.2, 0.25) is 5.91 Å². The van der Waals surface area contributed by atoms with E-state index in [4.69, 9.17) is 15.6 Å². The standard InChI is InChI=1S/C25H25NO.C2HF3O2/c26-25(27)24-13-5-12-23(17-24)22-11-4-7-18(14-22)6-3-8-19-15-20-9-1-2-10-21(20)16-19;3-2(4,5)1(6)7/h1-2,4-5,7,9-14,17,19H,3,6,8,15-16H2,(H2,26,27);(H,6,7). The van der Waals surface area contributed by atoms with Crippen LogP contribution < -0.4 is 5.73 Å². The van der Waals surface area contributed by atoms with Crippen LogP contribution in [0.25, 0.3) is 11.1 Å². The fraction of sp³-hybridized carbons (Fsp3) is 0.259. The maximum absolute atomic E-state index is 11.4. The SMILES string of the molecule is NC(=O)c1cccc(-c2cccc(CCCC3Cc4ccccc4C3)c2)c1.O=C(O)C(F)(F)F. The summed E-state index contributed by atoms with van der Waals surface area (Å²) in [5, 5.41) is 7.12. The summed E-state index contributed by atoms with van der Waals surface area (Å²) in [5.41, 5.74) is 12.6. The van der Waals surface area contributed by atoms with Crippen molar-refractivity contribution in [3.63, 3.8) is 0 Å². The molecule has 0 aliphatic heterocycles. The Morgan fingerprint density at radius 3 is 2.00 bits per heavy atom. The largest absolute Gasteiger partial charge is 0.490 e. The minimum Gasteiger partial charge on any atom is -0.475 e. The molecule has 1 amide bonds. The van der Waals surface area contributed by atoms with Crippen LogP contribution in [-0.4, -0.2) is 23.2 Å². The zero-order valence-corrected chi connectivity index (χ0v) is 18.5. The molecule has 3 aromatic rings. The number of carbonyl (C=O) groups excluding carboxylic acids is 1. The van der Waals surface area contributed by atoms with Gasteiger partial charge in [-0.15, -0.1) is 0 Å². The van der Waals surface area contributed by atoms with E-state index in [1.54, 1.807) is 17.2 Å². The van der Waals surface area contributed by atoms with Gasteiger partial charge in [-0.1, -0.05) is 60.7 Å². The average molecular weight is 470 g/mol. The summed E-state index contributed by atoms with van der Waals surface area (Å²) in [6.07, 6.45) is 0.960. The van der Waals surface area contributed by atoms with Gasteiger partial charge < -0.3 is 10.8 Å². The van der Waals surface area contributed by atoms with E-state index in [1.165, 1.54) is 31.2 Å². The highest BCUT2D eigenvalue weighted by Gasteiger charge is 2.38. The first kappa shape index (κ1) is 25.0. The van der Waals surface area contributed by atoms with Crippen LogP contribution in [0.1, 0.15) is 39.9 Å². The average Bonchev–Trinajstić information content (AvgIpc) is 3.22. The third-order valence-electron chi connectivity index (χ3n) is 5.86. The van der Waals surface area contributed by atoms with E-state index in [2.05, 4.69) is 48.5 Å². The van der Waals surface area contributed by atoms with Gasteiger partial charge in [-0.25, -0.2) is 4.79 Å². The number of hydrogen-bond donors (Lipinski definition) is 2. The number of fused-ring (bicyclic) bond motifs is 1. The number of carboxylic acids is 1. The Hall–Kier alpha value is -3.61. The number of aryl methyl sites for hydroxylation is 1. The van der Waals surface area contributed by atoms with Crippen molar-refractivity contribution in [1.29, 1.82) is 0 Å². The number of aliphatic carboxylic acids is 1. The number of alkyl halides is 3. The molecule has 0 saturated carbocycles. The number of benzene rings is 3. The molecule has 0 unspecified atom stereocenters. The van der Waals surface area contributed by atoms with Crippen molar-refractivity contribution in [1.82, 2.24) is 0 Å². The molecular weight excluding hydrogens is 443 g/mol. The van der Waals surface area contributed by atoms with Crippen molar-refractivity contribution in [3.8, 4) is 11.1 Å². The number of halogens is 3. The van der Waals surface area contributed by atoms with Gasteiger partial charge in [0.1, 0.15) is 0 Å². The third kappa shape index (κ3) is 6.94. The number of amides is 1. The number of nitrogens with two attached hydrogens (primary N) is 1. The third-order valence-corrected chi connectivity index (χ3v) is 5.86. The van der Waals surface area contributed by atoms with Crippen LogP contribution in [-0.2, 0) is 24.1 Å². The first-order chi connectivity index (χ1) is 16.1. The summed E-state index contributed by atoms with van der Waals surface area (Å²) in [7, 11) is 0. The highest BCUT2D eigenvalue weighted by atomic mass is 19.4. The van der Waals surface area contributed by atoms with Crippen molar-refractivity contribution in [2.24, 2.45) is 11.7 Å². The summed E-state index contributed by atoms with van der Waals surface area (Å²) in [6.45, 7) is 0. The van der Waals surface area contributed by atoms with Crippen LogP contribution in [0.5, 0.6) is 0 Å². The van der Waals surface area contributed by atoms with Gasteiger partial charge in [0, 0.05) is 5.56 Å². The summed E-state index contributed by atoms with van der Waals surface area (Å²) in [5.74, 6) is -2.35. The molecule has 0 fully saturated rings. The molecule has 0 radical (unpaired) electrons. The van der Waals surface area contributed by atoms with Crippen molar-refractivity contribution in [2.75, 3.05) is 0 Å². The van der Waals surface area contributed by atoms with Gasteiger partial charge in [0.05, 0.1) is 0 Å². The Morgan fingerprint density at radius 1 is 0.882 bits per heavy atom. The Kier molecular flexibility index (Phi) is 8.10. The molecule has 4 rings (SSSR count). The van der Waals surface area contributed by atoms with Crippen LogP contribution >= 0.6 is 0 Å². The Labute approximate surface area is 196 Å². The minimum atomic E-state index is -5.08. The molecule has 178 valence electrons. The highest BCUT2D eigenvalue weighted by Crippen LogP contribution is 2.30. The van der Waals surface area contributed by atoms with Crippen LogP contribution in [0, 0.1) is 5.92 Å². The molecule has 0 aromatic heterocycles. The van der Waals surface area contributed by atoms with E-state index in [1.807, 2.05) is 18.2 Å². The maximum Gasteiger partial charge on any atom is 0.490 e. The summed E-state index contributed by atoms with van der Waals surface area (Å²) in [4.78, 5) is 20.3. The second kappa shape index (κ2) is 11.0. The fourth-order valence-electron chi connectivity index (χ4n) is 4.21. The van der Waals surface area contributed by atoms with E-state index in [0.717, 1.165) is 23.5 Å². The molecule has 3 aromatic carbocycles. The molecule has 3 N–H and O–H groups in total. The molecule has 0 saturated heterocycles. The van der Waals surface area contributed by atoms with Crippen molar-refractivity contribution >= 4 is 11.9 Å². The van der Waals surface area contributed by atoms with Gasteiger partial charge in [-0.2, -0.15) is 13.2 Å². The lowest BCUT2D eigenvalue weighted by molar-refractivity contribution is -0.192. The molecule has 1 aliphatic rings. The number of primary amides is 1. The van der Waals surface area contributed by atoms with Crippen LogP contribution in [0.3, 0.4) is 0 Å². The van der Waals surface area contributed by atoms with E-state index in [-0.39, 0.29) is 5.91 Å². The second-order valence-electron chi connectivity index (χ2n) is 8.38. The Balaban J connectivity index is 0.000000406. The van der Waals surface area contributed by atoms with Crippen LogP contribution in [0.15, 0.2) is 72.8 Å². The lowest BCUT2D eigenvalue weighted by Crippen LogP contribution is -2.21. The monoisotopic (exact) mass is 469 g/mol. The molecule has 0 spiro atoms. The predicted octanol–water partition coefficient (Wildman–Crippen LogP) is 5.82. The smallest absolute Gasteiger partial charge is 0.475 e. The van der Waals surface area contributed by atoms with Gasteiger partial charge in [0.15, 0.2) is 0 Å². The minimum absolute atomic E-state index is 0.384. The molecule has 1 aliphatic carbocycles. The van der Waals surface area contributed by atoms with Crippen molar-refractivity contribution < 1.29 is 27.9 Å².